The van der Waals surface area contributed by atoms with E-state index in [2.05, 4.69) is 5.32 Å². The normalized spacial score (nSPS) is 12.2. The highest BCUT2D eigenvalue weighted by atomic mass is 35.5. The first kappa shape index (κ1) is 14.7. The van der Waals surface area contributed by atoms with Crippen molar-refractivity contribution in [3.05, 3.63) is 55.5 Å². The van der Waals surface area contributed by atoms with E-state index in [4.69, 9.17) is 11.6 Å². The Hall–Kier alpha value is -1.66. The number of nitrogens with one attached hydrogen (secondary N) is 1. The molecule has 0 saturated heterocycles. The number of nitro groups is 1. The fourth-order valence-corrected chi connectivity index (χ4v) is 2.72. The van der Waals surface area contributed by atoms with Crippen molar-refractivity contribution in [2.24, 2.45) is 0 Å². The molecular weight excluding hydrogens is 303 g/mol. The second kappa shape index (κ2) is 6.19. The molecule has 106 valence electrons. The van der Waals surface area contributed by atoms with Gasteiger partial charge in [-0.3, -0.25) is 10.1 Å². The van der Waals surface area contributed by atoms with Gasteiger partial charge in [0.05, 0.1) is 9.95 Å². The van der Waals surface area contributed by atoms with E-state index >= 15 is 0 Å². The molecule has 2 rings (SSSR count). The third-order valence-electron chi connectivity index (χ3n) is 2.76. The van der Waals surface area contributed by atoms with Crippen LogP contribution in [0.5, 0.6) is 0 Å². The molecule has 0 spiro atoms. The van der Waals surface area contributed by atoms with Crippen LogP contribution in [-0.2, 0) is 6.42 Å². The van der Waals surface area contributed by atoms with E-state index in [1.807, 2.05) is 23.8 Å². The van der Waals surface area contributed by atoms with Crippen LogP contribution in [0.3, 0.4) is 0 Å². The monoisotopic (exact) mass is 314 g/mol. The predicted molar refractivity (Wildman–Crippen MR) is 79.2 cm³/mol. The third kappa shape index (κ3) is 3.46. The van der Waals surface area contributed by atoms with Crippen molar-refractivity contribution in [2.75, 3.05) is 5.32 Å². The number of rotatable bonds is 5. The van der Waals surface area contributed by atoms with Crippen molar-refractivity contribution in [3.8, 4) is 0 Å². The van der Waals surface area contributed by atoms with Crippen LogP contribution >= 0.6 is 22.9 Å². The molecule has 0 radical (unpaired) electrons. The Balaban J connectivity index is 2.19. The van der Waals surface area contributed by atoms with Crippen LogP contribution in [0, 0.1) is 15.9 Å². The molecule has 0 aliphatic rings. The van der Waals surface area contributed by atoms with Gasteiger partial charge in [0.25, 0.3) is 5.69 Å². The maximum Gasteiger partial charge on any atom is 0.294 e. The van der Waals surface area contributed by atoms with E-state index in [0.717, 1.165) is 17.7 Å². The second-order valence-corrected chi connectivity index (χ2v) is 5.61. The highest BCUT2D eigenvalue weighted by Gasteiger charge is 2.19. The van der Waals surface area contributed by atoms with Gasteiger partial charge >= 0.3 is 0 Å². The SMILES string of the molecule is CC(Cc1ccsc1)Nc1cc(F)c(Cl)cc1[N+](=O)[O-]. The number of anilines is 1. The lowest BCUT2D eigenvalue weighted by Crippen LogP contribution is -2.18. The third-order valence-corrected chi connectivity index (χ3v) is 3.78. The van der Waals surface area contributed by atoms with Gasteiger partial charge in [0.2, 0.25) is 0 Å². The number of nitrogens with zero attached hydrogens (tertiary/aromatic N) is 1. The molecule has 0 aliphatic carbocycles. The van der Waals surface area contributed by atoms with Crippen LogP contribution in [0.1, 0.15) is 12.5 Å². The molecule has 0 fully saturated rings. The van der Waals surface area contributed by atoms with Crippen molar-refractivity contribution < 1.29 is 9.31 Å². The molecule has 2 aromatic rings. The van der Waals surface area contributed by atoms with E-state index in [9.17, 15) is 14.5 Å². The van der Waals surface area contributed by atoms with Crippen LogP contribution in [0.15, 0.2) is 29.0 Å². The molecule has 0 bridgehead atoms. The average molecular weight is 315 g/mol. The Kier molecular flexibility index (Phi) is 4.57. The zero-order chi connectivity index (χ0) is 14.7. The summed E-state index contributed by atoms with van der Waals surface area (Å²) < 4.78 is 13.5. The molecule has 0 saturated carbocycles. The van der Waals surface area contributed by atoms with Crippen LogP contribution in [-0.4, -0.2) is 11.0 Å². The summed E-state index contributed by atoms with van der Waals surface area (Å²) in [5.74, 6) is -0.678. The average Bonchev–Trinajstić information content (AvgIpc) is 2.85. The van der Waals surface area contributed by atoms with Crippen molar-refractivity contribution in [1.29, 1.82) is 0 Å². The predicted octanol–water partition coefficient (Wildman–Crippen LogP) is 4.49. The van der Waals surface area contributed by atoms with Gasteiger partial charge in [0.15, 0.2) is 0 Å². The first-order valence-electron chi connectivity index (χ1n) is 5.88. The molecule has 1 aromatic heterocycles. The number of benzene rings is 1. The number of hydrogen-bond donors (Lipinski definition) is 1. The smallest absolute Gasteiger partial charge is 0.294 e. The minimum Gasteiger partial charge on any atom is -0.377 e. The minimum atomic E-state index is -0.678. The minimum absolute atomic E-state index is 0.0659. The molecule has 0 aliphatic heterocycles. The van der Waals surface area contributed by atoms with Gasteiger partial charge in [-0.2, -0.15) is 11.3 Å². The van der Waals surface area contributed by atoms with E-state index in [1.54, 1.807) is 11.3 Å². The molecular formula is C13H12ClFN2O2S. The summed E-state index contributed by atoms with van der Waals surface area (Å²) in [6.07, 6.45) is 0.699. The number of halogens is 2. The van der Waals surface area contributed by atoms with Gasteiger partial charge in [0.1, 0.15) is 11.5 Å². The van der Waals surface area contributed by atoms with Gasteiger partial charge in [0, 0.05) is 18.2 Å². The molecule has 1 unspecified atom stereocenters. The van der Waals surface area contributed by atoms with Crippen LogP contribution < -0.4 is 5.32 Å². The summed E-state index contributed by atoms with van der Waals surface area (Å²) in [6, 6.07) is 4.00. The molecule has 0 amide bonds. The first-order valence-corrected chi connectivity index (χ1v) is 7.20. The first-order chi connectivity index (χ1) is 9.47. The largest absolute Gasteiger partial charge is 0.377 e. The maximum atomic E-state index is 13.5. The Morgan fingerprint density at radius 2 is 2.30 bits per heavy atom. The summed E-state index contributed by atoms with van der Waals surface area (Å²) in [5.41, 5.74) is 1.04. The van der Waals surface area contributed by atoms with Crippen LogP contribution in [0.2, 0.25) is 5.02 Å². The van der Waals surface area contributed by atoms with E-state index in [1.165, 1.54) is 0 Å². The topological polar surface area (TPSA) is 55.2 Å². The van der Waals surface area contributed by atoms with E-state index in [0.29, 0.717) is 6.42 Å². The van der Waals surface area contributed by atoms with Gasteiger partial charge in [-0.1, -0.05) is 11.6 Å². The summed E-state index contributed by atoms with van der Waals surface area (Å²) in [6.45, 7) is 1.88. The molecule has 1 aromatic carbocycles. The lowest BCUT2D eigenvalue weighted by molar-refractivity contribution is -0.384. The Morgan fingerprint density at radius 1 is 1.55 bits per heavy atom. The number of thiophene rings is 1. The lowest BCUT2D eigenvalue weighted by Gasteiger charge is -2.15. The van der Waals surface area contributed by atoms with Crippen molar-refractivity contribution in [2.45, 2.75) is 19.4 Å². The van der Waals surface area contributed by atoms with Gasteiger partial charge in [-0.25, -0.2) is 4.39 Å². The van der Waals surface area contributed by atoms with Crippen LogP contribution in [0.25, 0.3) is 0 Å². The lowest BCUT2D eigenvalue weighted by atomic mass is 10.1. The summed E-state index contributed by atoms with van der Waals surface area (Å²) in [5, 5.41) is 17.6. The Morgan fingerprint density at radius 3 is 2.90 bits per heavy atom. The zero-order valence-corrected chi connectivity index (χ0v) is 12.2. The maximum absolute atomic E-state index is 13.5. The van der Waals surface area contributed by atoms with Crippen LogP contribution in [0.4, 0.5) is 15.8 Å². The van der Waals surface area contributed by atoms with E-state index < -0.39 is 10.7 Å². The van der Waals surface area contributed by atoms with Gasteiger partial charge in [-0.05, 0) is 35.7 Å². The Labute approximate surface area is 124 Å². The standard InChI is InChI=1S/C13H12ClFN2O2S/c1-8(4-9-2-3-20-7-9)16-12-6-11(15)10(14)5-13(12)17(18)19/h2-3,5-8,16H,4H2,1H3. The summed E-state index contributed by atoms with van der Waals surface area (Å²) >= 11 is 7.16. The fourth-order valence-electron chi connectivity index (χ4n) is 1.88. The number of nitro benzene ring substituents is 1. The summed E-state index contributed by atoms with van der Waals surface area (Å²) in [7, 11) is 0. The fraction of sp³-hybridized carbons (Fsp3) is 0.231. The van der Waals surface area contributed by atoms with Crippen molar-refractivity contribution in [1.82, 2.24) is 0 Å². The molecule has 7 heteroatoms. The van der Waals surface area contributed by atoms with E-state index in [-0.39, 0.29) is 22.4 Å². The highest BCUT2D eigenvalue weighted by Crippen LogP contribution is 2.31. The van der Waals surface area contributed by atoms with Crippen molar-refractivity contribution >= 4 is 34.3 Å². The summed E-state index contributed by atoms with van der Waals surface area (Å²) in [4.78, 5) is 10.4. The molecule has 1 atom stereocenters. The molecule has 4 nitrogen and oxygen atoms in total. The quantitative estimate of drug-likeness (QED) is 0.653. The Bertz CT molecular complexity index is 619. The zero-order valence-electron chi connectivity index (χ0n) is 10.6. The molecule has 1 N–H and O–H groups in total. The van der Waals surface area contributed by atoms with Crippen molar-refractivity contribution in [3.63, 3.8) is 0 Å². The second-order valence-electron chi connectivity index (χ2n) is 4.42. The number of hydrogen-bond acceptors (Lipinski definition) is 4. The highest BCUT2D eigenvalue weighted by molar-refractivity contribution is 7.07. The molecule has 20 heavy (non-hydrogen) atoms. The molecule has 1 heterocycles. The van der Waals surface area contributed by atoms with Gasteiger partial charge in [-0.15, -0.1) is 0 Å². The van der Waals surface area contributed by atoms with Gasteiger partial charge < -0.3 is 5.32 Å².